The molecule has 1 aliphatic rings. The van der Waals surface area contributed by atoms with Crippen molar-refractivity contribution in [1.29, 1.82) is 0 Å². The molecule has 34 heavy (non-hydrogen) atoms. The van der Waals surface area contributed by atoms with Crippen LogP contribution in [0.25, 0.3) is 0 Å². The number of carbonyl (C=O) groups is 2. The van der Waals surface area contributed by atoms with Crippen LogP contribution in [0.5, 0.6) is 0 Å². The first-order valence-electron chi connectivity index (χ1n) is 11.6. The molecule has 0 spiro atoms. The zero-order valence-electron chi connectivity index (χ0n) is 19.0. The van der Waals surface area contributed by atoms with Crippen LogP contribution in [-0.4, -0.2) is 31.1 Å². The predicted molar refractivity (Wildman–Crippen MR) is 139 cm³/mol. The van der Waals surface area contributed by atoms with Crippen LogP contribution < -0.4 is 20.9 Å². The van der Waals surface area contributed by atoms with E-state index in [1.807, 2.05) is 54.6 Å². The summed E-state index contributed by atoms with van der Waals surface area (Å²) in [4.78, 5) is 28.2. The number of anilines is 3. The van der Waals surface area contributed by atoms with E-state index in [9.17, 15) is 9.59 Å². The maximum Gasteiger partial charge on any atom is 0.319 e. The Bertz CT molecular complexity index is 1080. The van der Waals surface area contributed by atoms with E-state index >= 15 is 0 Å². The molecule has 3 aromatic carbocycles. The fourth-order valence-electron chi connectivity index (χ4n) is 4.05. The summed E-state index contributed by atoms with van der Waals surface area (Å²) in [6.45, 7) is 2.13. The molecule has 0 saturated carbocycles. The number of benzene rings is 3. The summed E-state index contributed by atoms with van der Waals surface area (Å²) in [7, 11) is 0. The third-order valence-corrected chi connectivity index (χ3v) is 6.11. The second-order valence-electron chi connectivity index (χ2n) is 8.43. The van der Waals surface area contributed by atoms with Gasteiger partial charge in [-0.2, -0.15) is 0 Å². The quantitative estimate of drug-likeness (QED) is 0.409. The summed E-state index contributed by atoms with van der Waals surface area (Å²) >= 11 is 5.91. The molecule has 1 aliphatic heterocycles. The Balaban J connectivity index is 1.42. The Hall–Kier alpha value is -3.51. The van der Waals surface area contributed by atoms with Crippen molar-refractivity contribution in [2.45, 2.75) is 31.7 Å². The molecule has 1 heterocycles. The molecular formula is C27H29ClN4O2. The number of piperidine rings is 1. The number of nitrogens with one attached hydrogen (secondary N) is 3. The minimum Gasteiger partial charge on any atom is -0.372 e. The Morgan fingerprint density at radius 1 is 0.794 bits per heavy atom. The third kappa shape index (κ3) is 6.75. The van der Waals surface area contributed by atoms with Crippen LogP contribution in [0.2, 0.25) is 5.02 Å². The van der Waals surface area contributed by atoms with Crippen molar-refractivity contribution < 1.29 is 9.59 Å². The van der Waals surface area contributed by atoms with Crippen molar-refractivity contribution in [2.24, 2.45) is 0 Å². The second-order valence-corrected chi connectivity index (χ2v) is 8.87. The Labute approximate surface area is 205 Å². The van der Waals surface area contributed by atoms with Gasteiger partial charge in [-0.25, -0.2) is 4.79 Å². The smallest absolute Gasteiger partial charge is 0.319 e. The van der Waals surface area contributed by atoms with Crippen molar-refractivity contribution in [3.05, 3.63) is 89.4 Å². The molecule has 0 aliphatic carbocycles. The molecular weight excluding hydrogens is 448 g/mol. The summed E-state index contributed by atoms with van der Waals surface area (Å²) in [5, 5.41) is 9.10. The molecule has 0 bridgehead atoms. The van der Waals surface area contributed by atoms with Gasteiger partial charge in [0.2, 0.25) is 5.91 Å². The summed E-state index contributed by atoms with van der Waals surface area (Å²) in [5.41, 5.74) is 3.41. The van der Waals surface area contributed by atoms with Crippen LogP contribution in [0.4, 0.5) is 21.9 Å². The van der Waals surface area contributed by atoms with Gasteiger partial charge in [0.25, 0.3) is 0 Å². The molecule has 0 radical (unpaired) electrons. The highest BCUT2D eigenvalue weighted by atomic mass is 35.5. The predicted octanol–water partition coefficient (Wildman–Crippen LogP) is 5.70. The average Bonchev–Trinajstić information content (AvgIpc) is 2.87. The molecule has 1 fully saturated rings. The summed E-state index contributed by atoms with van der Waals surface area (Å²) in [6.07, 6.45) is 4.07. The lowest BCUT2D eigenvalue weighted by atomic mass is 10.1. The highest BCUT2D eigenvalue weighted by molar-refractivity contribution is 6.30. The van der Waals surface area contributed by atoms with Crippen LogP contribution >= 0.6 is 11.6 Å². The minimum atomic E-state index is -0.753. The number of rotatable bonds is 7. The number of urea groups is 1. The molecule has 3 N–H and O–H groups in total. The van der Waals surface area contributed by atoms with E-state index in [4.69, 9.17) is 11.6 Å². The summed E-state index contributed by atoms with van der Waals surface area (Å²) < 4.78 is 0. The molecule has 3 aromatic rings. The molecule has 1 atom stereocenters. The van der Waals surface area contributed by atoms with E-state index in [0.717, 1.165) is 18.7 Å². The van der Waals surface area contributed by atoms with E-state index in [1.165, 1.54) is 24.9 Å². The standard InChI is InChI=1S/C27H29ClN4O2/c28-21-9-11-23(12-10-21)30-27(34)31-25(19-20-7-3-1-4-8-20)26(33)29-22-13-15-24(16-14-22)32-17-5-2-6-18-32/h1,3-4,7-16,25H,2,5-6,17-19H2,(H,29,33)(H2,30,31,34). The average molecular weight is 477 g/mol. The monoisotopic (exact) mass is 476 g/mol. The van der Waals surface area contributed by atoms with Crippen molar-refractivity contribution in [1.82, 2.24) is 5.32 Å². The Morgan fingerprint density at radius 2 is 1.41 bits per heavy atom. The van der Waals surface area contributed by atoms with E-state index in [0.29, 0.717) is 22.8 Å². The van der Waals surface area contributed by atoms with Crippen LogP contribution in [0.1, 0.15) is 24.8 Å². The Kier molecular flexibility index (Phi) is 8.04. The van der Waals surface area contributed by atoms with Gasteiger partial charge in [0.1, 0.15) is 6.04 Å². The molecule has 6 nitrogen and oxygen atoms in total. The van der Waals surface area contributed by atoms with Gasteiger partial charge < -0.3 is 20.9 Å². The Morgan fingerprint density at radius 3 is 2.09 bits per heavy atom. The number of amides is 3. The van der Waals surface area contributed by atoms with Crippen LogP contribution in [0.3, 0.4) is 0 Å². The second kappa shape index (κ2) is 11.6. The van der Waals surface area contributed by atoms with Crippen LogP contribution in [0.15, 0.2) is 78.9 Å². The first-order valence-corrected chi connectivity index (χ1v) is 12.0. The number of carbonyl (C=O) groups excluding carboxylic acids is 2. The van der Waals surface area contributed by atoms with Crippen molar-refractivity contribution in [3.8, 4) is 0 Å². The topological polar surface area (TPSA) is 73.5 Å². The maximum absolute atomic E-state index is 13.2. The highest BCUT2D eigenvalue weighted by Gasteiger charge is 2.22. The first-order chi connectivity index (χ1) is 16.6. The van der Waals surface area contributed by atoms with Gasteiger partial charge in [0.05, 0.1) is 0 Å². The summed E-state index contributed by atoms with van der Waals surface area (Å²) in [6, 6.07) is 23.1. The summed E-state index contributed by atoms with van der Waals surface area (Å²) in [5.74, 6) is -0.277. The van der Waals surface area contributed by atoms with Crippen molar-refractivity contribution in [2.75, 3.05) is 28.6 Å². The third-order valence-electron chi connectivity index (χ3n) is 5.86. The minimum absolute atomic E-state index is 0.277. The van der Waals surface area contributed by atoms with Gasteiger partial charge in [-0.3, -0.25) is 4.79 Å². The van der Waals surface area contributed by atoms with Crippen LogP contribution in [0, 0.1) is 0 Å². The lowest BCUT2D eigenvalue weighted by molar-refractivity contribution is -0.117. The molecule has 1 saturated heterocycles. The molecule has 7 heteroatoms. The fraction of sp³-hybridized carbons (Fsp3) is 0.259. The molecule has 3 amide bonds. The lowest BCUT2D eigenvalue weighted by Gasteiger charge is -2.29. The normalized spacial score (nSPS) is 14.2. The van der Waals surface area contributed by atoms with Gasteiger partial charge in [0.15, 0.2) is 0 Å². The zero-order chi connectivity index (χ0) is 23.8. The van der Waals surface area contributed by atoms with E-state index in [-0.39, 0.29) is 5.91 Å². The number of nitrogens with zero attached hydrogens (tertiary/aromatic N) is 1. The number of halogens is 1. The van der Waals surface area contributed by atoms with E-state index in [1.54, 1.807) is 24.3 Å². The molecule has 0 aromatic heterocycles. The number of hydrogen-bond donors (Lipinski definition) is 3. The van der Waals surface area contributed by atoms with Gasteiger partial charge in [0, 0.05) is 41.6 Å². The van der Waals surface area contributed by atoms with Gasteiger partial charge in [-0.05, 0) is 73.4 Å². The molecule has 176 valence electrons. The zero-order valence-corrected chi connectivity index (χ0v) is 19.7. The van der Waals surface area contributed by atoms with Crippen molar-refractivity contribution >= 4 is 40.6 Å². The van der Waals surface area contributed by atoms with Gasteiger partial charge in [-0.1, -0.05) is 41.9 Å². The fourth-order valence-corrected chi connectivity index (χ4v) is 4.18. The largest absolute Gasteiger partial charge is 0.372 e. The molecule has 4 rings (SSSR count). The maximum atomic E-state index is 13.2. The van der Waals surface area contributed by atoms with E-state index in [2.05, 4.69) is 20.9 Å². The SMILES string of the molecule is O=C(Nc1ccc(Cl)cc1)NC(Cc1ccccc1)C(=O)Nc1ccc(N2CCCCC2)cc1. The van der Waals surface area contributed by atoms with Gasteiger partial charge in [-0.15, -0.1) is 0 Å². The van der Waals surface area contributed by atoms with E-state index < -0.39 is 12.1 Å². The van der Waals surface area contributed by atoms with Gasteiger partial charge >= 0.3 is 6.03 Å². The number of hydrogen-bond acceptors (Lipinski definition) is 3. The highest BCUT2D eigenvalue weighted by Crippen LogP contribution is 2.22. The first kappa shape index (κ1) is 23.6. The van der Waals surface area contributed by atoms with Crippen LogP contribution in [-0.2, 0) is 11.2 Å². The van der Waals surface area contributed by atoms with Crippen molar-refractivity contribution in [3.63, 3.8) is 0 Å². The molecule has 1 unspecified atom stereocenters. The lowest BCUT2D eigenvalue weighted by Crippen LogP contribution is -2.46.